The summed E-state index contributed by atoms with van der Waals surface area (Å²) in [6.07, 6.45) is -7.26. The Morgan fingerprint density at radius 1 is 1.00 bits per heavy atom. The van der Waals surface area contributed by atoms with Gasteiger partial charge in [-0.2, -0.15) is 13.2 Å². The van der Waals surface area contributed by atoms with E-state index in [-0.39, 0.29) is 12.8 Å². The maximum Gasteiger partial charge on any atom is 0.396 e. The fraction of sp³-hybridized carbons (Fsp3) is 1.00. The first-order valence-corrected chi connectivity index (χ1v) is 3.36. The maximum atomic E-state index is 11.9. The Kier molecular flexibility index (Phi) is 2.11. The minimum absolute atomic E-state index is 0.0331. The SMILES string of the molecule is OC1CCC(O)C1C(F)(F)F. The standard InChI is InChI=1S/C6H9F3O2/c7-6(8,9)5-3(10)1-2-4(5)11/h3-5,10-11H,1-2H2. The summed E-state index contributed by atoms with van der Waals surface area (Å²) in [4.78, 5) is 0. The third kappa shape index (κ3) is 1.65. The van der Waals surface area contributed by atoms with Crippen LogP contribution in [-0.4, -0.2) is 28.6 Å². The zero-order chi connectivity index (χ0) is 8.65. The number of aliphatic hydroxyl groups is 2. The molecule has 0 radical (unpaired) electrons. The Labute approximate surface area is 61.6 Å². The Hall–Kier alpha value is -0.290. The molecule has 0 aromatic rings. The van der Waals surface area contributed by atoms with Crippen LogP contribution in [0.25, 0.3) is 0 Å². The van der Waals surface area contributed by atoms with Gasteiger partial charge in [-0.25, -0.2) is 0 Å². The first kappa shape index (κ1) is 8.80. The molecule has 1 aliphatic rings. The van der Waals surface area contributed by atoms with Crippen LogP contribution in [0.5, 0.6) is 0 Å². The van der Waals surface area contributed by atoms with Crippen molar-refractivity contribution in [3.8, 4) is 0 Å². The third-order valence-corrected chi connectivity index (χ3v) is 1.97. The average molecular weight is 170 g/mol. The van der Waals surface area contributed by atoms with Crippen LogP contribution >= 0.6 is 0 Å². The molecular weight excluding hydrogens is 161 g/mol. The largest absolute Gasteiger partial charge is 0.396 e. The van der Waals surface area contributed by atoms with Gasteiger partial charge in [-0.15, -0.1) is 0 Å². The molecule has 0 aliphatic heterocycles. The second-order valence-electron chi connectivity index (χ2n) is 2.78. The predicted octanol–water partition coefficient (Wildman–Crippen LogP) is 0.681. The summed E-state index contributed by atoms with van der Waals surface area (Å²) in [6, 6.07) is 0. The normalized spacial score (nSPS) is 39.5. The van der Waals surface area contributed by atoms with E-state index in [1.807, 2.05) is 0 Å². The van der Waals surface area contributed by atoms with E-state index in [1.165, 1.54) is 0 Å². The van der Waals surface area contributed by atoms with Crippen molar-refractivity contribution >= 4 is 0 Å². The quantitative estimate of drug-likeness (QED) is 0.561. The molecule has 1 aliphatic carbocycles. The highest BCUT2D eigenvalue weighted by Crippen LogP contribution is 2.39. The van der Waals surface area contributed by atoms with E-state index >= 15 is 0 Å². The summed E-state index contributed by atoms with van der Waals surface area (Å²) in [5.74, 6) is -1.94. The zero-order valence-electron chi connectivity index (χ0n) is 5.67. The van der Waals surface area contributed by atoms with Crippen LogP contribution in [0, 0.1) is 5.92 Å². The fourth-order valence-corrected chi connectivity index (χ4v) is 1.39. The molecule has 1 rings (SSSR count). The molecule has 0 aromatic heterocycles. The van der Waals surface area contributed by atoms with Crippen LogP contribution in [0.2, 0.25) is 0 Å². The Balaban J connectivity index is 2.69. The van der Waals surface area contributed by atoms with Gasteiger partial charge in [-0.3, -0.25) is 0 Å². The average Bonchev–Trinajstić information content (AvgIpc) is 2.08. The molecule has 1 saturated carbocycles. The van der Waals surface area contributed by atoms with Crippen molar-refractivity contribution < 1.29 is 23.4 Å². The summed E-state index contributed by atoms with van der Waals surface area (Å²) in [5.41, 5.74) is 0. The fourth-order valence-electron chi connectivity index (χ4n) is 1.39. The van der Waals surface area contributed by atoms with E-state index < -0.39 is 24.3 Å². The first-order valence-electron chi connectivity index (χ1n) is 3.36. The van der Waals surface area contributed by atoms with Crippen LogP contribution in [0.3, 0.4) is 0 Å². The van der Waals surface area contributed by atoms with E-state index in [2.05, 4.69) is 0 Å². The second kappa shape index (κ2) is 2.64. The molecule has 0 amide bonds. The minimum atomic E-state index is -4.48. The highest BCUT2D eigenvalue weighted by atomic mass is 19.4. The van der Waals surface area contributed by atoms with Crippen molar-refractivity contribution in [3.05, 3.63) is 0 Å². The molecule has 0 bridgehead atoms. The highest BCUT2D eigenvalue weighted by Gasteiger charge is 2.51. The van der Waals surface area contributed by atoms with Gasteiger partial charge in [-0.1, -0.05) is 0 Å². The van der Waals surface area contributed by atoms with E-state index in [1.54, 1.807) is 0 Å². The molecule has 0 spiro atoms. The molecule has 11 heavy (non-hydrogen) atoms. The minimum Gasteiger partial charge on any atom is -0.392 e. The Bertz CT molecular complexity index is 135. The van der Waals surface area contributed by atoms with Crippen molar-refractivity contribution in [3.63, 3.8) is 0 Å². The number of aliphatic hydroxyl groups excluding tert-OH is 2. The third-order valence-electron chi connectivity index (χ3n) is 1.97. The van der Waals surface area contributed by atoms with Crippen molar-refractivity contribution in [2.45, 2.75) is 31.2 Å². The summed E-state index contributed by atoms with van der Waals surface area (Å²) < 4.78 is 35.8. The second-order valence-corrected chi connectivity index (χ2v) is 2.78. The molecule has 2 nitrogen and oxygen atoms in total. The summed E-state index contributed by atoms with van der Waals surface area (Å²) >= 11 is 0. The van der Waals surface area contributed by atoms with E-state index in [0.29, 0.717) is 0 Å². The lowest BCUT2D eigenvalue weighted by atomic mass is 10.0. The maximum absolute atomic E-state index is 11.9. The summed E-state index contributed by atoms with van der Waals surface area (Å²) in [7, 11) is 0. The topological polar surface area (TPSA) is 40.5 Å². The van der Waals surface area contributed by atoms with E-state index in [4.69, 9.17) is 10.2 Å². The molecule has 2 unspecified atom stereocenters. The van der Waals surface area contributed by atoms with Crippen molar-refractivity contribution in [1.29, 1.82) is 0 Å². The van der Waals surface area contributed by atoms with Gasteiger partial charge < -0.3 is 10.2 Å². The van der Waals surface area contributed by atoms with Gasteiger partial charge >= 0.3 is 6.18 Å². The number of hydrogen-bond acceptors (Lipinski definition) is 2. The molecule has 2 N–H and O–H groups in total. The molecule has 0 heterocycles. The van der Waals surface area contributed by atoms with Gasteiger partial charge in [0.15, 0.2) is 0 Å². The smallest absolute Gasteiger partial charge is 0.392 e. The lowest BCUT2D eigenvalue weighted by Gasteiger charge is -2.20. The Morgan fingerprint density at radius 3 is 1.55 bits per heavy atom. The molecule has 66 valence electrons. The lowest BCUT2D eigenvalue weighted by Crippen LogP contribution is -2.36. The zero-order valence-corrected chi connectivity index (χ0v) is 5.67. The molecular formula is C6H9F3O2. The summed E-state index contributed by atoms with van der Waals surface area (Å²) in [6.45, 7) is 0. The molecule has 0 aromatic carbocycles. The van der Waals surface area contributed by atoms with Crippen molar-refractivity contribution in [2.24, 2.45) is 5.92 Å². The van der Waals surface area contributed by atoms with E-state index in [0.717, 1.165) is 0 Å². The molecule has 1 fully saturated rings. The van der Waals surface area contributed by atoms with Crippen LogP contribution in [-0.2, 0) is 0 Å². The highest BCUT2D eigenvalue weighted by molar-refractivity contribution is 4.88. The van der Waals surface area contributed by atoms with Gasteiger partial charge in [0.2, 0.25) is 0 Å². The lowest BCUT2D eigenvalue weighted by molar-refractivity contribution is -0.212. The van der Waals surface area contributed by atoms with Crippen molar-refractivity contribution in [2.75, 3.05) is 0 Å². The van der Waals surface area contributed by atoms with Gasteiger partial charge in [0.1, 0.15) is 5.92 Å². The molecule has 2 atom stereocenters. The molecule has 5 heteroatoms. The number of rotatable bonds is 0. The Morgan fingerprint density at radius 2 is 1.36 bits per heavy atom. The number of halogens is 3. The molecule has 0 saturated heterocycles. The number of hydrogen-bond donors (Lipinski definition) is 2. The van der Waals surface area contributed by atoms with Gasteiger partial charge in [-0.05, 0) is 12.8 Å². The first-order chi connectivity index (χ1) is 4.93. The van der Waals surface area contributed by atoms with E-state index in [9.17, 15) is 13.2 Å². The van der Waals surface area contributed by atoms with Gasteiger partial charge in [0.25, 0.3) is 0 Å². The summed E-state index contributed by atoms with van der Waals surface area (Å²) in [5, 5.41) is 17.6. The van der Waals surface area contributed by atoms with Crippen LogP contribution in [0.15, 0.2) is 0 Å². The monoisotopic (exact) mass is 170 g/mol. The number of alkyl halides is 3. The van der Waals surface area contributed by atoms with Crippen LogP contribution in [0.1, 0.15) is 12.8 Å². The van der Waals surface area contributed by atoms with Crippen LogP contribution < -0.4 is 0 Å². The van der Waals surface area contributed by atoms with Gasteiger partial charge in [0, 0.05) is 0 Å². The van der Waals surface area contributed by atoms with Crippen molar-refractivity contribution in [1.82, 2.24) is 0 Å². The van der Waals surface area contributed by atoms with Gasteiger partial charge in [0.05, 0.1) is 12.2 Å². The van der Waals surface area contributed by atoms with Crippen LogP contribution in [0.4, 0.5) is 13.2 Å². The predicted molar refractivity (Wildman–Crippen MR) is 30.8 cm³/mol.